The number of rotatable bonds is 3. The van der Waals surface area contributed by atoms with Gasteiger partial charge in [-0.1, -0.05) is 6.07 Å². The van der Waals surface area contributed by atoms with Gasteiger partial charge in [0.05, 0.1) is 5.56 Å². The Hall–Kier alpha value is -1.98. The predicted octanol–water partition coefficient (Wildman–Crippen LogP) is 2.24. The van der Waals surface area contributed by atoms with Crippen LogP contribution in [0.5, 0.6) is 6.08 Å². The van der Waals surface area contributed by atoms with Crippen molar-refractivity contribution in [3.05, 3.63) is 23.8 Å². The normalized spacial score (nSPS) is 10.9. The molecule has 1 heterocycles. The monoisotopic (exact) mass is 213 g/mol. The average molecular weight is 213 g/mol. The Bertz CT molecular complexity index is 495. The first-order valence-electron chi connectivity index (χ1n) is 4.00. The minimum Gasteiger partial charge on any atom is -0.408 e. The van der Waals surface area contributed by atoms with E-state index >= 15 is 0 Å². The third-order valence-electron chi connectivity index (χ3n) is 1.74. The zero-order valence-electron chi connectivity index (χ0n) is 7.31. The van der Waals surface area contributed by atoms with Crippen LogP contribution in [0.2, 0.25) is 0 Å². The topological polar surface area (TPSA) is 52.3 Å². The molecule has 0 N–H and O–H groups in total. The highest BCUT2D eigenvalue weighted by atomic mass is 19.3. The fourth-order valence-electron chi connectivity index (χ4n) is 1.17. The smallest absolute Gasteiger partial charge is 0.399 e. The van der Waals surface area contributed by atoms with Crippen LogP contribution < -0.4 is 4.74 Å². The molecule has 0 bridgehead atoms. The molecule has 0 spiro atoms. The zero-order valence-corrected chi connectivity index (χ0v) is 7.31. The molecule has 0 aliphatic carbocycles. The van der Waals surface area contributed by atoms with Crippen molar-refractivity contribution in [2.24, 2.45) is 0 Å². The van der Waals surface area contributed by atoms with E-state index in [-0.39, 0.29) is 11.1 Å². The summed E-state index contributed by atoms with van der Waals surface area (Å²) in [5, 5.41) is 0. The fourth-order valence-corrected chi connectivity index (χ4v) is 1.17. The van der Waals surface area contributed by atoms with Crippen molar-refractivity contribution in [2.75, 3.05) is 0 Å². The Balaban J connectivity index is 2.50. The maximum Gasteiger partial charge on any atom is 0.399 e. The third kappa shape index (κ3) is 1.78. The molecule has 0 atom stereocenters. The van der Waals surface area contributed by atoms with Crippen molar-refractivity contribution in [2.45, 2.75) is 6.61 Å². The van der Waals surface area contributed by atoms with E-state index in [4.69, 9.17) is 4.42 Å². The molecule has 0 amide bonds. The van der Waals surface area contributed by atoms with Crippen LogP contribution in [-0.2, 0) is 0 Å². The first-order chi connectivity index (χ1) is 7.20. The van der Waals surface area contributed by atoms with Gasteiger partial charge in [0.25, 0.3) is 0 Å². The number of carbonyl (C=O) groups is 1. The second kappa shape index (κ2) is 3.64. The minimum absolute atomic E-state index is 0.142. The number of oxazole rings is 1. The first-order valence-corrected chi connectivity index (χ1v) is 4.00. The van der Waals surface area contributed by atoms with Crippen molar-refractivity contribution in [1.29, 1.82) is 0 Å². The summed E-state index contributed by atoms with van der Waals surface area (Å²) >= 11 is 0. The van der Waals surface area contributed by atoms with Gasteiger partial charge in [-0.15, -0.1) is 0 Å². The minimum atomic E-state index is -3.00. The van der Waals surface area contributed by atoms with E-state index < -0.39 is 12.7 Å². The Kier molecular flexibility index (Phi) is 2.32. The molecular weight excluding hydrogens is 208 g/mol. The molecule has 78 valence electrons. The summed E-state index contributed by atoms with van der Waals surface area (Å²) in [6.45, 7) is -3.00. The molecule has 15 heavy (non-hydrogen) atoms. The molecule has 1 aromatic carbocycles. The van der Waals surface area contributed by atoms with Crippen LogP contribution in [-0.4, -0.2) is 17.9 Å². The largest absolute Gasteiger partial charge is 0.408 e. The maximum absolute atomic E-state index is 11.8. The number of para-hydroxylation sites is 1. The number of nitrogens with zero attached hydrogens (tertiary/aromatic N) is 1. The van der Waals surface area contributed by atoms with Gasteiger partial charge in [-0.2, -0.15) is 13.8 Å². The Morgan fingerprint density at radius 1 is 1.47 bits per heavy atom. The summed E-state index contributed by atoms with van der Waals surface area (Å²) in [6, 6.07) is 4.59. The highest BCUT2D eigenvalue weighted by Gasteiger charge is 2.13. The fraction of sp³-hybridized carbons (Fsp3) is 0.111. The number of hydrogen-bond acceptors (Lipinski definition) is 4. The number of benzene rings is 1. The quantitative estimate of drug-likeness (QED) is 0.733. The molecule has 0 aliphatic rings. The number of alkyl halides is 2. The van der Waals surface area contributed by atoms with Crippen LogP contribution in [0.25, 0.3) is 11.1 Å². The average Bonchev–Trinajstić information content (AvgIpc) is 2.58. The van der Waals surface area contributed by atoms with Crippen LogP contribution in [0, 0.1) is 0 Å². The van der Waals surface area contributed by atoms with Crippen molar-refractivity contribution >= 4 is 17.4 Å². The summed E-state index contributed by atoms with van der Waals surface area (Å²) in [6.07, 6.45) is 0.00828. The van der Waals surface area contributed by atoms with Crippen LogP contribution in [0.15, 0.2) is 22.6 Å². The Labute approximate surface area is 82.5 Å². The second-order valence-corrected chi connectivity index (χ2v) is 2.67. The number of halogens is 2. The van der Waals surface area contributed by atoms with Gasteiger partial charge in [-0.05, 0) is 12.1 Å². The van der Waals surface area contributed by atoms with Gasteiger partial charge in [-0.3, -0.25) is 4.79 Å². The van der Waals surface area contributed by atoms with Crippen LogP contribution >= 0.6 is 0 Å². The molecule has 2 rings (SSSR count). The summed E-state index contributed by atoms with van der Waals surface area (Å²) in [4.78, 5) is 14.2. The summed E-state index contributed by atoms with van der Waals surface area (Å²) in [5.41, 5.74) is 0.683. The second-order valence-electron chi connectivity index (χ2n) is 2.67. The van der Waals surface area contributed by atoms with E-state index in [1.807, 2.05) is 0 Å². The van der Waals surface area contributed by atoms with Gasteiger partial charge in [0.1, 0.15) is 5.52 Å². The number of ether oxygens (including phenoxy) is 1. The molecule has 0 saturated heterocycles. The number of aldehydes is 1. The first kappa shape index (κ1) is 9.57. The van der Waals surface area contributed by atoms with E-state index in [0.29, 0.717) is 11.8 Å². The molecule has 6 heteroatoms. The van der Waals surface area contributed by atoms with Crippen LogP contribution in [0.1, 0.15) is 10.4 Å². The summed E-state index contributed by atoms with van der Waals surface area (Å²) < 4.78 is 32.5. The number of hydrogen-bond donors (Lipinski definition) is 0. The number of fused-ring (bicyclic) bond motifs is 1. The lowest BCUT2D eigenvalue weighted by Gasteiger charge is -1.95. The highest BCUT2D eigenvalue weighted by Crippen LogP contribution is 2.23. The zero-order chi connectivity index (χ0) is 10.8. The Morgan fingerprint density at radius 3 is 2.93 bits per heavy atom. The lowest BCUT2D eigenvalue weighted by Crippen LogP contribution is -2.01. The molecule has 0 aliphatic heterocycles. The van der Waals surface area contributed by atoms with Gasteiger partial charge in [0.15, 0.2) is 11.9 Å². The number of aromatic nitrogens is 1. The maximum atomic E-state index is 11.8. The third-order valence-corrected chi connectivity index (χ3v) is 1.74. The highest BCUT2D eigenvalue weighted by molar-refractivity contribution is 5.92. The van der Waals surface area contributed by atoms with Crippen molar-refractivity contribution in [3.8, 4) is 6.08 Å². The molecule has 4 nitrogen and oxygen atoms in total. The SMILES string of the molecule is O=Cc1cccc2nc(OC(F)F)oc12. The Morgan fingerprint density at radius 2 is 2.27 bits per heavy atom. The van der Waals surface area contributed by atoms with Crippen LogP contribution in [0.4, 0.5) is 8.78 Å². The van der Waals surface area contributed by atoms with Gasteiger partial charge in [0, 0.05) is 0 Å². The van der Waals surface area contributed by atoms with Crippen molar-refractivity contribution in [3.63, 3.8) is 0 Å². The standard InChI is InChI=1S/C9H5F2NO3/c10-8(11)15-9-12-6-3-1-2-5(4-13)7(6)14-9/h1-4,8H. The molecule has 0 radical (unpaired) electrons. The van der Waals surface area contributed by atoms with E-state index in [1.54, 1.807) is 6.07 Å². The van der Waals surface area contributed by atoms with Gasteiger partial charge in [-0.25, -0.2) is 0 Å². The lowest BCUT2D eigenvalue weighted by atomic mass is 10.2. The van der Waals surface area contributed by atoms with Gasteiger partial charge < -0.3 is 9.15 Å². The van der Waals surface area contributed by atoms with E-state index in [1.165, 1.54) is 12.1 Å². The summed E-state index contributed by atoms with van der Waals surface area (Å²) in [5.74, 6) is 0. The van der Waals surface area contributed by atoms with E-state index in [9.17, 15) is 13.6 Å². The van der Waals surface area contributed by atoms with E-state index in [2.05, 4.69) is 9.72 Å². The van der Waals surface area contributed by atoms with Crippen LogP contribution in [0.3, 0.4) is 0 Å². The van der Waals surface area contributed by atoms with Crippen molar-refractivity contribution < 1.29 is 22.7 Å². The van der Waals surface area contributed by atoms with Crippen molar-refractivity contribution in [1.82, 2.24) is 4.98 Å². The predicted molar refractivity (Wildman–Crippen MR) is 46.0 cm³/mol. The molecule has 0 unspecified atom stereocenters. The lowest BCUT2D eigenvalue weighted by molar-refractivity contribution is -0.0664. The van der Waals surface area contributed by atoms with Gasteiger partial charge >= 0.3 is 12.7 Å². The molecule has 2 aromatic rings. The van der Waals surface area contributed by atoms with E-state index in [0.717, 1.165) is 0 Å². The molecule has 1 aromatic heterocycles. The summed E-state index contributed by atoms with van der Waals surface area (Å²) in [7, 11) is 0. The van der Waals surface area contributed by atoms with Gasteiger partial charge in [0.2, 0.25) is 0 Å². The molecule has 0 fully saturated rings. The molecular formula is C9H5F2NO3. The number of carbonyl (C=O) groups excluding carboxylic acids is 1. The molecule has 0 saturated carbocycles.